The van der Waals surface area contributed by atoms with E-state index in [0.717, 1.165) is 19.1 Å². The molecule has 0 aromatic rings. The Balaban J connectivity index is 2.75. The van der Waals surface area contributed by atoms with E-state index in [1.165, 1.54) is 11.1 Å². The molecular weight excluding hydrogens is 160 g/mol. The van der Waals surface area contributed by atoms with Gasteiger partial charge >= 0.3 is 0 Å². The third-order valence-corrected chi connectivity index (χ3v) is 2.87. The van der Waals surface area contributed by atoms with Crippen LogP contribution in [-0.4, -0.2) is 6.29 Å². The van der Waals surface area contributed by atoms with Crippen molar-refractivity contribution in [3.63, 3.8) is 0 Å². The molecule has 1 aliphatic carbocycles. The fourth-order valence-corrected chi connectivity index (χ4v) is 2.12. The Morgan fingerprint density at radius 2 is 2.46 bits per heavy atom. The zero-order valence-electron chi connectivity index (χ0n) is 8.55. The number of allylic oxidation sites excluding steroid dienone is 3. The molecule has 0 spiro atoms. The van der Waals surface area contributed by atoms with E-state index < -0.39 is 0 Å². The minimum atomic E-state index is 0.406. The van der Waals surface area contributed by atoms with Crippen LogP contribution in [0.5, 0.6) is 0 Å². The van der Waals surface area contributed by atoms with Gasteiger partial charge in [0.15, 0.2) is 0 Å². The van der Waals surface area contributed by atoms with Crippen molar-refractivity contribution in [1.82, 2.24) is 0 Å². The van der Waals surface area contributed by atoms with E-state index in [-0.39, 0.29) is 0 Å². The minimum Gasteiger partial charge on any atom is -0.303 e. The highest BCUT2D eigenvalue weighted by molar-refractivity contribution is 5.50. The average Bonchev–Trinajstić information content (AvgIpc) is 2.04. The van der Waals surface area contributed by atoms with Crippen molar-refractivity contribution in [2.75, 3.05) is 0 Å². The van der Waals surface area contributed by atoms with Crippen molar-refractivity contribution in [3.05, 3.63) is 23.8 Å². The molecule has 0 amide bonds. The van der Waals surface area contributed by atoms with Gasteiger partial charge < -0.3 is 4.79 Å². The lowest BCUT2D eigenvalue weighted by Crippen LogP contribution is -2.18. The third-order valence-electron chi connectivity index (χ3n) is 2.87. The first-order valence-corrected chi connectivity index (χ1v) is 4.91. The lowest BCUT2D eigenvalue weighted by molar-refractivity contribution is -0.108. The maximum absolute atomic E-state index is 10.5. The molecule has 0 bridgehead atoms. The highest BCUT2D eigenvalue weighted by Crippen LogP contribution is 2.34. The van der Waals surface area contributed by atoms with Gasteiger partial charge in [-0.15, -0.1) is 0 Å². The van der Waals surface area contributed by atoms with Crippen LogP contribution in [0.25, 0.3) is 0 Å². The molecule has 0 heterocycles. The summed E-state index contributed by atoms with van der Waals surface area (Å²) in [7, 11) is 0. The Bertz CT molecular complexity index is 238. The number of rotatable bonds is 3. The van der Waals surface area contributed by atoms with Gasteiger partial charge in [0.1, 0.15) is 6.29 Å². The molecule has 2 unspecified atom stereocenters. The van der Waals surface area contributed by atoms with Crippen molar-refractivity contribution >= 4 is 6.29 Å². The zero-order valence-corrected chi connectivity index (χ0v) is 8.55. The molecule has 0 N–H and O–H groups in total. The van der Waals surface area contributed by atoms with Crippen LogP contribution in [0.3, 0.4) is 0 Å². The van der Waals surface area contributed by atoms with Gasteiger partial charge in [-0.2, -0.15) is 0 Å². The van der Waals surface area contributed by atoms with Crippen LogP contribution in [0.1, 0.15) is 33.1 Å². The second-order valence-electron chi connectivity index (χ2n) is 4.07. The largest absolute Gasteiger partial charge is 0.303 e. The van der Waals surface area contributed by atoms with Crippen molar-refractivity contribution in [3.8, 4) is 0 Å². The summed E-state index contributed by atoms with van der Waals surface area (Å²) in [5.74, 6) is 0.928. The number of aldehydes is 1. The fraction of sp³-hybridized carbons (Fsp3) is 0.583. The maximum Gasteiger partial charge on any atom is 0.120 e. The first-order valence-electron chi connectivity index (χ1n) is 4.91. The van der Waals surface area contributed by atoms with E-state index in [2.05, 4.69) is 26.5 Å². The van der Waals surface area contributed by atoms with Crippen molar-refractivity contribution in [1.29, 1.82) is 0 Å². The average molecular weight is 178 g/mol. The van der Waals surface area contributed by atoms with Crippen LogP contribution in [-0.2, 0) is 4.79 Å². The highest BCUT2D eigenvalue weighted by Gasteiger charge is 2.23. The molecule has 13 heavy (non-hydrogen) atoms. The molecule has 1 aliphatic rings. The number of hydrogen-bond acceptors (Lipinski definition) is 1. The minimum absolute atomic E-state index is 0.406. The predicted molar refractivity (Wildman–Crippen MR) is 55.5 cm³/mol. The molecule has 1 rings (SSSR count). The summed E-state index contributed by atoms with van der Waals surface area (Å²) in [5.41, 5.74) is 2.64. The van der Waals surface area contributed by atoms with E-state index in [4.69, 9.17) is 0 Å². The number of hydrogen-bond donors (Lipinski definition) is 0. The summed E-state index contributed by atoms with van der Waals surface area (Å²) in [6.45, 7) is 8.20. The van der Waals surface area contributed by atoms with Crippen LogP contribution in [0.4, 0.5) is 0 Å². The summed E-state index contributed by atoms with van der Waals surface area (Å²) in [6, 6.07) is 0. The lowest BCUT2D eigenvalue weighted by atomic mass is 9.76. The quantitative estimate of drug-likeness (QED) is 0.479. The smallest absolute Gasteiger partial charge is 0.120 e. The SMILES string of the molecule is C=C(C)C1CCC(C)=CC1CC=O. The molecular formula is C12H18O. The number of carbonyl (C=O) groups excluding carboxylic acids is 1. The highest BCUT2D eigenvalue weighted by atomic mass is 16.1. The monoisotopic (exact) mass is 178 g/mol. The molecule has 2 atom stereocenters. The van der Waals surface area contributed by atoms with Crippen molar-refractivity contribution in [2.24, 2.45) is 11.8 Å². The van der Waals surface area contributed by atoms with Gasteiger partial charge in [-0.3, -0.25) is 0 Å². The summed E-state index contributed by atoms with van der Waals surface area (Å²) >= 11 is 0. The Labute approximate surface area is 80.5 Å². The Kier molecular flexibility index (Phi) is 3.47. The van der Waals surface area contributed by atoms with Crippen LogP contribution in [0.2, 0.25) is 0 Å². The fourth-order valence-electron chi connectivity index (χ4n) is 2.12. The molecule has 0 aromatic heterocycles. The number of carbonyl (C=O) groups is 1. The second kappa shape index (κ2) is 4.40. The standard InChI is InChI=1S/C12H18O/c1-9(2)12-5-4-10(3)8-11(12)6-7-13/h7-8,11-12H,1,4-6H2,2-3H3. The van der Waals surface area contributed by atoms with Gasteiger partial charge in [-0.05, 0) is 38.5 Å². The lowest BCUT2D eigenvalue weighted by Gasteiger charge is -2.28. The van der Waals surface area contributed by atoms with Gasteiger partial charge in [0.2, 0.25) is 0 Å². The topological polar surface area (TPSA) is 17.1 Å². The molecule has 0 aromatic carbocycles. The van der Waals surface area contributed by atoms with Gasteiger partial charge in [0.05, 0.1) is 0 Å². The predicted octanol–water partition coefficient (Wildman–Crippen LogP) is 3.12. The summed E-state index contributed by atoms with van der Waals surface area (Å²) in [5, 5.41) is 0. The molecule has 0 saturated carbocycles. The van der Waals surface area contributed by atoms with Crippen LogP contribution >= 0.6 is 0 Å². The molecule has 0 aliphatic heterocycles. The summed E-state index contributed by atoms with van der Waals surface area (Å²) in [6.07, 6.45) is 6.24. The van der Waals surface area contributed by atoms with Crippen LogP contribution in [0.15, 0.2) is 23.8 Å². The summed E-state index contributed by atoms with van der Waals surface area (Å²) < 4.78 is 0. The normalized spacial score (nSPS) is 28.0. The molecule has 0 radical (unpaired) electrons. The first kappa shape index (κ1) is 10.2. The van der Waals surface area contributed by atoms with E-state index >= 15 is 0 Å². The van der Waals surface area contributed by atoms with Gasteiger partial charge in [0, 0.05) is 6.42 Å². The first-order chi connectivity index (χ1) is 6.15. The maximum atomic E-state index is 10.5. The van der Waals surface area contributed by atoms with E-state index in [0.29, 0.717) is 18.3 Å². The summed E-state index contributed by atoms with van der Waals surface area (Å²) in [4.78, 5) is 10.5. The second-order valence-corrected chi connectivity index (χ2v) is 4.07. The molecule has 1 heteroatoms. The molecule has 72 valence electrons. The van der Waals surface area contributed by atoms with Crippen molar-refractivity contribution < 1.29 is 4.79 Å². The zero-order chi connectivity index (χ0) is 9.84. The Morgan fingerprint density at radius 1 is 1.77 bits per heavy atom. The van der Waals surface area contributed by atoms with Gasteiger partial charge in [-0.1, -0.05) is 23.8 Å². The third kappa shape index (κ3) is 2.55. The van der Waals surface area contributed by atoms with Gasteiger partial charge in [-0.25, -0.2) is 0 Å². The Morgan fingerprint density at radius 3 is 3.00 bits per heavy atom. The molecule has 0 fully saturated rings. The van der Waals surface area contributed by atoms with Crippen LogP contribution < -0.4 is 0 Å². The van der Waals surface area contributed by atoms with Gasteiger partial charge in [0.25, 0.3) is 0 Å². The van der Waals surface area contributed by atoms with Crippen LogP contribution in [0, 0.1) is 11.8 Å². The molecule has 1 nitrogen and oxygen atoms in total. The molecule has 0 saturated heterocycles. The Hall–Kier alpha value is -0.850. The van der Waals surface area contributed by atoms with Crippen molar-refractivity contribution in [2.45, 2.75) is 33.1 Å². The van der Waals surface area contributed by atoms with E-state index in [1.807, 2.05) is 0 Å². The van der Waals surface area contributed by atoms with E-state index in [1.54, 1.807) is 0 Å². The van der Waals surface area contributed by atoms with E-state index in [9.17, 15) is 4.79 Å².